The molecule has 1 saturated heterocycles. The highest BCUT2D eigenvalue weighted by Gasteiger charge is 2.29. The molecule has 3 N–H and O–H groups in total. The molecular formula is C13H16N6O2. The first kappa shape index (κ1) is 13.7. The zero-order chi connectivity index (χ0) is 14.7. The lowest BCUT2D eigenvalue weighted by atomic mass is 10.2. The first-order valence-electron chi connectivity index (χ1n) is 6.76. The fraction of sp³-hybridized carbons (Fsp3) is 0.385. The number of ether oxygens (including phenoxy) is 1. The second-order valence-corrected chi connectivity index (χ2v) is 4.85. The molecule has 2 atom stereocenters. The Kier molecular flexibility index (Phi) is 3.89. The molecule has 2 heterocycles. The Balaban J connectivity index is 1.68. The van der Waals surface area contributed by atoms with Crippen molar-refractivity contribution in [3.05, 3.63) is 30.6 Å². The number of hydrogen-bond acceptors (Lipinski definition) is 6. The standard InChI is InChI=1S/C13H16N6O2/c14-7-11-4-5-12(21-11)13(20)16-9-2-1-3-10(6-9)19-8-15-17-18-19/h1-3,6,8,11-12H,4-5,7,14H2,(H,16,20). The van der Waals surface area contributed by atoms with Crippen LogP contribution in [0.15, 0.2) is 30.6 Å². The van der Waals surface area contributed by atoms with Gasteiger partial charge in [0.15, 0.2) is 0 Å². The maximum absolute atomic E-state index is 12.1. The Bertz CT molecular complexity index is 615. The Morgan fingerprint density at radius 1 is 1.48 bits per heavy atom. The number of nitrogens with two attached hydrogens (primary N) is 1. The van der Waals surface area contributed by atoms with Gasteiger partial charge in [-0.15, -0.1) is 5.10 Å². The highest BCUT2D eigenvalue weighted by molar-refractivity contribution is 5.94. The number of tetrazole rings is 1. The van der Waals surface area contributed by atoms with Crippen LogP contribution in [0.3, 0.4) is 0 Å². The van der Waals surface area contributed by atoms with Crippen molar-refractivity contribution in [1.82, 2.24) is 20.2 Å². The number of nitrogens with one attached hydrogen (secondary N) is 1. The predicted octanol–water partition coefficient (Wildman–Crippen LogP) is 0.107. The number of aromatic nitrogens is 4. The van der Waals surface area contributed by atoms with E-state index >= 15 is 0 Å². The molecule has 1 aliphatic heterocycles. The highest BCUT2D eigenvalue weighted by Crippen LogP contribution is 2.21. The maximum Gasteiger partial charge on any atom is 0.253 e. The summed E-state index contributed by atoms with van der Waals surface area (Å²) in [6.45, 7) is 0.443. The average Bonchev–Trinajstić information content (AvgIpc) is 3.19. The van der Waals surface area contributed by atoms with Gasteiger partial charge < -0.3 is 15.8 Å². The van der Waals surface area contributed by atoms with Gasteiger partial charge in [-0.3, -0.25) is 4.79 Å². The van der Waals surface area contributed by atoms with Crippen LogP contribution in [-0.2, 0) is 9.53 Å². The Labute approximate surface area is 121 Å². The van der Waals surface area contributed by atoms with E-state index in [1.807, 2.05) is 12.1 Å². The predicted molar refractivity (Wildman–Crippen MR) is 74.7 cm³/mol. The SMILES string of the molecule is NCC1CCC(C(=O)Nc2cccc(-n3cnnn3)c2)O1. The number of hydrogen-bond donors (Lipinski definition) is 2. The van der Waals surface area contributed by atoms with Crippen molar-refractivity contribution >= 4 is 11.6 Å². The van der Waals surface area contributed by atoms with Crippen LogP contribution >= 0.6 is 0 Å². The van der Waals surface area contributed by atoms with Gasteiger partial charge in [-0.1, -0.05) is 6.07 Å². The molecule has 1 fully saturated rings. The average molecular weight is 288 g/mol. The minimum absolute atomic E-state index is 0.0201. The summed E-state index contributed by atoms with van der Waals surface area (Å²) in [6.07, 6.45) is 2.55. The van der Waals surface area contributed by atoms with Crippen LogP contribution in [0, 0.1) is 0 Å². The van der Waals surface area contributed by atoms with Gasteiger partial charge in [0.25, 0.3) is 5.91 Å². The Morgan fingerprint density at radius 2 is 2.38 bits per heavy atom. The zero-order valence-electron chi connectivity index (χ0n) is 11.3. The number of carbonyl (C=O) groups excluding carboxylic acids is 1. The molecule has 1 aromatic carbocycles. The topological polar surface area (TPSA) is 108 Å². The molecule has 110 valence electrons. The van der Waals surface area contributed by atoms with E-state index in [1.54, 1.807) is 12.1 Å². The third kappa shape index (κ3) is 3.06. The van der Waals surface area contributed by atoms with Crippen LogP contribution < -0.4 is 11.1 Å². The molecule has 8 heteroatoms. The largest absolute Gasteiger partial charge is 0.364 e. The fourth-order valence-electron chi connectivity index (χ4n) is 2.30. The van der Waals surface area contributed by atoms with E-state index < -0.39 is 6.10 Å². The third-order valence-electron chi connectivity index (χ3n) is 3.39. The van der Waals surface area contributed by atoms with Gasteiger partial charge in [-0.2, -0.15) is 0 Å². The molecule has 0 spiro atoms. The molecule has 21 heavy (non-hydrogen) atoms. The lowest BCUT2D eigenvalue weighted by Gasteiger charge is -2.13. The third-order valence-corrected chi connectivity index (χ3v) is 3.39. The zero-order valence-corrected chi connectivity index (χ0v) is 11.3. The van der Waals surface area contributed by atoms with Crippen molar-refractivity contribution in [1.29, 1.82) is 0 Å². The van der Waals surface area contributed by atoms with Crippen molar-refractivity contribution in [2.24, 2.45) is 5.73 Å². The molecule has 1 aromatic heterocycles. The number of amides is 1. The summed E-state index contributed by atoms with van der Waals surface area (Å²) in [4.78, 5) is 12.1. The fourth-order valence-corrected chi connectivity index (χ4v) is 2.30. The first-order valence-corrected chi connectivity index (χ1v) is 6.76. The van der Waals surface area contributed by atoms with Crippen molar-refractivity contribution in [2.75, 3.05) is 11.9 Å². The Hall–Kier alpha value is -2.32. The summed E-state index contributed by atoms with van der Waals surface area (Å²) in [5, 5.41) is 13.8. The van der Waals surface area contributed by atoms with Crippen LogP contribution in [-0.4, -0.2) is 44.9 Å². The smallest absolute Gasteiger partial charge is 0.253 e. The van der Waals surface area contributed by atoms with Gasteiger partial charge in [-0.05, 0) is 41.5 Å². The molecule has 1 aliphatic rings. The van der Waals surface area contributed by atoms with Crippen LogP contribution in [0.4, 0.5) is 5.69 Å². The number of nitrogens with zero attached hydrogens (tertiary/aromatic N) is 4. The lowest BCUT2D eigenvalue weighted by Crippen LogP contribution is -2.29. The molecule has 8 nitrogen and oxygen atoms in total. The number of carbonyl (C=O) groups is 1. The minimum atomic E-state index is -0.435. The summed E-state index contributed by atoms with van der Waals surface area (Å²) in [5.74, 6) is -0.153. The van der Waals surface area contributed by atoms with E-state index in [0.29, 0.717) is 18.7 Å². The maximum atomic E-state index is 12.1. The molecule has 0 bridgehead atoms. The molecule has 0 radical (unpaired) electrons. The quantitative estimate of drug-likeness (QED) is 0.826. The van der Waals surface area contributed by atoms with Gasteiger partial charge in [0.05, 0.1) is 11.8 Å². The van der Waals surface area contributed by atoms with Crippen LogP contribution in [0.25, 0.3) is 5.69 Å². The summed E-state index contributed by atoms with van der Waals surface area (Å²) >= 11 is 0. The molecule has 1 amide bonds. The van der Waals surface area contributed by atoms with Crippen molar-refractivity contribution in [3.8, 4) is 5.69 Å². The van der Waals surface area contributed by atoms with Crippen LogP contribution in [0.5, 0.6) is 0 Å². The highest BCUT2D eigenvalue weighted by atomic mass is 16.5. The molecule has 0 aliphatic carbocycles. The monoisotopic (exact) mass is 288 g/mol. The van der Waals surface area contributed by atoms with E-state index in [4.69, 9.17) is 10.5 Å². The van der Waals surface area contributed by atoms with E-state index in [-0.39, 0.29) is 12.0 Å². The lowest BCUT2D eigenvalue weighted by molar-refractivity contribution is -0.126. The number of rotatable bonds is 4. The molecule has 2 aromatic rings. The van der Waals surface area contributed by atoms with Gasteiger partial charge >= 0.3 is 0 Å². The first-order chi connectivity index (χ1) is 10.3. The van der Waals surface area contributed by atoms with E-state index in [2.05, 4.69) is 20.8 Å². The van der Waals surface area contributed by atoms with E-state index in [1.165, 1.54) is 11.0 Å². The van der Waals surface area contributed by atoms with Gasteiger partial charge in [0.2, 0.25) is 0 Å². The molecular weight excluding hydrogens is 272 g/mol. The van der Waals surface area contributed by atoms with E-state index in [9.17, 15) is 4.79 Å². The van der Waals surface area contributed by atoms with Crippen LogP contribution in [0.1, 0.15) is 12.8 Å². The van der Waals surface area contributed by atoms with Crippen molar-refractivity contribution in [2.45, 2.75) is 25.0 Å². The number of anilines is 1. The second-order valence-electron chi connectivity index (χ2n) is 4.85. The molecule has 3 rings (SSSR count). The molecule has 0 saturated carbocycles. The summed E-state index contributed by atoms with van der Waals surface area (Å²) in [7, 11) is 0. The Morgan fingerprint density at radius 3 is 3.10 bits per heavy atom. The minimum Gasteiger partial charge on any atom is -0.364 e. The summed E-state index contributed by atoms with van der Waals surface area (Å²) < 4.78 is 7.09. The summed E-state index contributed by atoms with van der Waals surface area (Å²) in [6, 6.07) is 7.28. The van der Waals surface area contributed by atoms with Crippen molar-refractivity contribution < 1.29 is 9.53 Å². The molecule has 2 unspecified atom stereocenters. The number of benzene rings is 1. The van der Waals surface area contributed by atoms with Gasteiger partial charge in [0, 0.05) is 12.2 Å². The normalized spacial score (nSPS) is 21.4. The van der Waals surface area contributed by atoms with Gasteiger partial charge in [0.1, 0.15) is 12.4 Å². The van der Waals surface area contributed by atoms with Crippen LogP contribution in [0.2, 0.25) is 0 Å². The van der Waals surface area contributed by atoms with Gasteiger partial charge in [-0.25, -0.2) is 4.68 Å². The van der Waals surface area contributed by atoms with E-state index in [0.717, 1.165) is 12.1 Å². The summed E-state index contributed by atoms with van der Waals surface area (Å²) in [5.41, 5.74) is 6.99. The van der Waals surface area contributed by atoms with Crippen molar-refractivity contribution in [3.63, 3.8) is 0 Å². The second kappa shape index (κ2) is 5.98.